The third-order valence-corrected chi connectivity index (χ3v) is 5.58. The number of aliphatic carboxylic acids is 1. The van der Waals surface area contributed by atoms with E-state index >= 15 is 0 Å². The summed E-state index contributed by atoms with van der Waals surface area (Å²) in [5.74, 6) is -0.551. The van der Waals surface area contributed by atoms with E-state index in [0.29, 0.717) is 24.4 Å². The van der Waals surface area contributed by atoms with Gasteiger partial charge < -0.3 is 20.3 Å². The number of nitrogens with two attached hydrogens (primary N) is 1. The van der Waals surface area contributed by atoms with Gasteiger partial charge in [0.1, 0.15) is 5.60 Å². The molecular weight excluding hydrogens is 424 g/mol. The second-order valence-electron chi connectivity index (χ2n) is 9.60. The van der Waals surface area contributed by atoms with E-state index < -0.39 is 29.8 Å². The minimum absolute atomic E-state index is 0.113. The van der Waals surface area contributed by atoms with Crippen LogP contribution >= 0.6 is 0 Å². The number of fused-ring (bicyclic) bond motifs is 1. The van der Waals surface area contributed by atoms with Crippen LogP contribution in [0.25, 0.3) is 5.69 Å². The minimum Gasteiger partial charge on any atom is -0.479 e. The number of ether oxygens (including phenoxy) is 2. The Bertz CT molecular complexity index is 1010. The first-order valence-corrected chi connectivity index (χ1v) is 11.2. The maximum atomic E-state index is 12.9. The highest BCUT2D eigenvalue weighted by atomic mass is 16.6. The van der Waals surface area contributed by atoms with Gasteiger partial charge in [0.15, 0.2) is 6.10 Å². The third kappa shape index (κ3) is 5.30. The molecule has 2 aromatic rings. The van der Waals surface area contributed by atoms with E-state index in [-0.39, 0.29) is 12.4 Å². The molecule has 1 aliphatic rings. The fourth-order valence-corrected chi connectivity index (χ4v) is 3.86. The number of nitrogens with zero attached hydrogens (tertiary/aromatic N) is 3. The largest absolute Gasteiger partial charge is 0.479 e. The van der Waals surface area contributed by atoms with E-state index in [1.54, 1.807) is 30.4 Å². The zero-order valence-corrected chi connectivity index (χ0v) is 20.2. The van der Waals surface area contributed by atoms with Crippen LogP contribution in [0.4, 0.5) is 4.79 Å². The van der Waals surface area contributed by atoms with Crippen molar-refractivity contribution in [2.45, 2.75) is 71.6 Å². The Kier molecular flexibility index (Phi) is 7.02. The normalized spacial score (nSPS) is 17.0. The van der Waals surface area contributed by atoms with Crippen molar-refractivity contribution in [2.24, 2.45) is 5.73 Å². The predicted octanol–water partition coefficient (Wildman–Crippen LogP) is 3.64. The molecule has 2 heterocycles. The Morgan fingerprint density at radius 2 is 1.85 bits per heavy atom. The first kappa shape index (κ1) is 24.6. The average molecular weight is 459 g/mol. The molecule has 1 amide bonds. The van der Waals surface area contributed by atoms with Gasteiger partial charge in [0.05, 0.1) is 23.0 Å². The number of carboxylic acids is 1. The molecule has 0 saturated heterocycles. The molecule has 2 atom stereocenters. The summed E-state index contributed by atoms with van der Waals surface area (Å²) in [7, 11) is 0. The van der Waals surface area contributed by atoms with E-state index in [1.807, 2.05) is 24.3 Å². The molecule has 1 aromatic carbocycles. The summed E-state index contributed by atoms with van der Waals surface area (Å²) in [6.07, 6.45) is -1.10. The fourth-order valence-electron chi connectivity index (χ4n) is 3.86. The van der Waals surface area contributed by atoms with Gasteiger partial charge in [-0.05, 0) is 51.3 Å². The molecule has 3 rings (SSSR count). The summed E-state index contributed by atoms with van der Waals surface area (Å²) in [4.78, 5) is 25.9. The van der Waals surface area contributed by atoms with E-state index in [0.717, 1.165) is 11.4 Å². The number of hydrogen-bond acceptors (Lipinski definition) is 6. The Balaban J connectivity index is 2.08. The number of benzene rings is 1. The van der Waals surface area contributed by atoms with Gasteiger partial charge in [-0.1, -0.05) is 26.0 Å². The van der Waals surface area contributed by atoms with Crippen molar-refractivity contribution in [1.82, 2.24) is 14.7 Å². The molecule has 0 fully saturated rings. The van der Waals surface area contributed by atoms with Crippen LogP contribution in [0, 0.1) is 0 Å². The summed E-state index contributed by atoms with van der Waals surface area (Å²) < 4.78 is 13.1. The minimum atomic E-state index is -1.11. The zero-order valence-electron chi connectivity index (χ0n) is 20.2. The van der Waals surface area contributed by atoms with Crippen molar-refractivity contribution in [3.05, 3.63) is 41.1 Å². The topological polar surface area (TPSA) is 120 Å². The second kappa shape index (κ2) is 9.43. The van der Waals surface area contributed by atoms with Crippen molar-refractivity contribution in [1.29, 1.82) is 0 Å². The second-order valence-corrected chi connectivity index (χ2v) is 9.60. The molecule has 0 bridgehead atoms. The highest BCUT2D eigenvalue weighted by Gasteiger charge is 2.39. The lowest BCUT2D eigenvalue weighted by atomic mass is 9.98. The number of aromatic nitrogens is 2. The summed E-state index contributed by atoms with van der Waals surface area (Å²) >= 11 is 0. The number of rotatable bonds is 6. The fraction of sp³-hybridized carbons (Fsp3) is 0.542. The molecule has 0 spiro atoms. The van der Waals surface area contributed by atoms with Crippen LogP contribution in [0.1, 0.15) is 70.3 Å². The molecule has 3 N–H and O–H groups in total. The lowest BCUT2D eigenvalue weighted by Crippen LogP contribution is -2.45. The molecule has 0 radical (unpaired) electrons. The van der Waals surface area contributed by atoms with Crippen molar-refractivity contribution in [3.8, 4) is 11.6 Å². The smallest absolute Gasteiger partial charge is 0.410 e. The van der Waals surface area contributed by atoms with Gasteiger partial charge in [-0.25, -0.2) is 14.3 Å². The number of carbonyl (C=O) groups excluding carboxylic acids is 1. The first-order valence-electron chi connectivity index (χ1n) is 11.2. The van der Waals surface area contributed by atoms with E-state index in [9.17, 15) is 14.7 Å². The average Bonchev–Trinajstić information content (AvgIpc) is 3.10. The standard InChI is InChI=1S/C24H34N4O5/c1-14(2)16-7-9-17(10-8-16)28-18-11-12-27(23(31)33-24(4,5)6)19(13-25)20(18)21(26-28)32-15(3)22(29)30/h7-10,14-15,19H,11-13,25H2,1-6H3,(H,29,30). The Morgan fingerprint density at radius 1 is 1.21 bits per heavy atom. The summed E-state index contributed by atoms with van der Waals surface area (Å²) in [5, 5.41) is 14.0. The van der Waals surface area contributed by atoms with Crippen LogP contribution in [0.3, 0.4) is 0 Å². The van der Waals surface area contributed by atoms with Gasteiger partial charge in [0.2, 0.25) is 5.88 Å². The highest BCUT2D eigenvalue weighted by molar-refractivity contribution is 5.72. The highest BCUT2D eigenvalue weighted by Crippen LogP contribution is 2.38. The van der Waals surface area contributed by atoms with Crippen LogP contribution in [0.2, 0.25) is 0 Å². The summed E-state index contributed by atoms with van der Waals surface area (Å²) in [5.41, 5.74) is 8.95. The van der Waals surface area contributed by atoms with Crippen molar-refractivity contribution >= 4 is 12.1 Å². The Morgan fingerprint density at radius 3 is 2.36 bits per heavy atom. The van der Waals surface area contributed by atoms with E-state index in [1.165, 1.54) is 12.5 Å². The molecule has 2 unspecified atom stereocenters. The molecule has 33 heavy (non-hydrogen) atoms. The molecule has 9 nitrogen and oxygen atoms in total. The summed E-state index contributed by atoms with van der Waals surface area (Å²) in [6.45, 7) is 11.6. The van der Waals surface area contributed by atoms with Crippen LogP contribution < -0.4 is 10.5 Å². The number of amides is 1. The quantitative estimate of drug-likeness (QED) is 0.678. The molecule has 180 valence electrons. The molecule has 1 aliphatic heterocycles. The van der Waals surface area contributed by atoms with E-state index in [4.69, 9.17) is 15.2 Å². The number of carboxylic acid groups (broad SMARTS) is 1. The van der Waals surface area contributed by atoms with Crippen molar-refractivity contribution < 1.29 is 24.2 Å². The first-order chi connectivity index (χ1) is 15.4. The van der Waals surface area contributed by atoms with Crippen LogP contribution in [-0.2, 0) is 16.0 Å². The van der Waals surface area contributed by atoms with Crippen molar-refractivity contribution in [3.63, 3.8) is 0 Å². The van der Waals surface area contributed by atoms with Gasteiger partial charge in [0.25, 0.3) is 0 Å². The van der Waals surface area contributed by atoms with Crippen LogP contribution in [0.5, 0.6) is 5.88 Å². The Hall–Kier alpha value is -3.07. The van der Waals surface area contributed by atoms with Gasteiger partial charge in [-0.3, -0.25) is 4.90 Å². The van der Waals surface area contributed by atoms with Crippen molar-refractivity contribution in [2.75, 3.05) is 13.1 Å². The van der Waals surface area contributed by atoms with Gasteiger partial charge in [-0.15, -0.1) is 5.10 Å². The van der Waals surface area contributed by atoms with Crippen LogP contribution in [0.15, 0.2) is 24.3 Å². The maximum absolute atomic E-state index is 12.9. The monoisotopic (exact) mass is 458 g/mol. The van der Waals surface area contributed by atoms with Gasteiger partial charge in [0, 0.05) is 19.5 Å². The maximum Gasteiger partial charge on any atom is 0.410 e. The molecule has 0 saturated carbocycles. The van der Waals surface area contributed by atoms with E-state index in [2.05, 4.69) is 18.9 Å². The Labute approximate surface area is 194 Å². The molecule has 1 aromatic heterocycles. The van der Waals surface area contributed by atoms with Gasteiger partial charge >= 0.3 is 12.1 Å². The summed E-state index contributed by atoms with van der Waals surface area (Å²) in [6, 6.07) is 7.49. The van der Waals surface area contributed by atoms with Gasteiger partial charge in [-0.2, -0.15) is 0 Å². The lowest BCUT2D eigenvalue weighted by molar-refractivity contribution is -0.144. The predicted molar refractivity (Wildman–Crippen MR) is 124 cm³/mol. The third-order valence-electron chi connectivity index (χ3n) is 5.58. The number of hydrogen-bond donors (Lipinski definition) is 2. The lowest BCUT2D eigenvalue weighted by Gasteiger charge is -2.36. The molecule has 9 heteroatoms. The van der Waals surface area contributed by atoms with Crippen LogP contribution in [-0.4, -0.2) is 56.6 Å². The molecular formula is C24H34N4O5. The number of carbonyl (C=O) groups is 2. The SMILES string of the molecule is CC(Oc1nn(-c2ccc(C(C)C)cc2)c2c1C(CN)N(C(=O)OC(C)(C)C)CC2)C(=O)O. The molecule has 0 aliphatic carbocycles. The zero-order chi connectivity index (χ0) is 24.5.